The van der Waals surface area contributed by atoms with E-state index in [0.29, 0.717) is 11.4 Å². The lowest BCUT2D eigenvalue weighted by Crippen LogP contribution is -2.31. The van der Waals surface area contributed by atoms with Crippen molar-refractivity contribution in [3.8, 4) is 0 Å². The van der Waals surface area contributed by atoms with Crippen molar-refractivity contribution >= 4 is 29.4 Å². The zero-order chi connectivity index (χ0) is 19.4. The zero-order valence-electron chi connectivity index (χ0n) is 14.6. The lowest BCUT2D eigenvalue weighted by atomic mass is 10.2. The maximum atomic E-state index is 12.2. The molecule has 8 heteroatoms. The molecule has 0 spiro atoms. The van der Waals surface area contributed by atoms with E-state index in [1.807, 2.05) is 0 Å². The van der Waals surface area contributed by atoms with Crippen molar-refractivity contribution < 1.29 is 28.3 Å². The van der Waals surface area contributed by atoms with Gasteiger partial charge in [0.15, 0.2) is 6.61 Å². The minimum atomic E-state index is -0.725. The second-order valence-electron chi connectivity index (χ2n) is 6.05. The molecule has 3 amide bonds. The van der Waals surface area contributed by atoms with Crippen LogP contribution < -0.4 is 10.2 Å². The smallest absolute Gasteiger partial charge is 0.338 e. The molecular weight excluding hydrogens is 352 g/mol. The summed E-state index contributed by atoms with van der Waals surface area (Å²) >= 11 is 0. The SMILES string of the molecule is C[C@@H](NC(=O)COC(=O)c1cccc(N2C(=O)CCC2=O)c1)c1ccco1. The fourth-order valence-corrected chi connectivity index (χ4v) is 2.74. The highest BCUT2D eigenvalue weighted by Crippen LogP contribution is 2.23. The lowest BCUT2D eigenvalue weighted by molar-refractivity contribution is -0.125. The van der Waals surface area contributed by atoms with Gasteiger partial charge in [-0.15, -0.1) is 0 Å². The van der Waals surface area contributed by atoms with Gasteiger partial charge in [-0.25, -0.2) is 4.79 Å². The highest BCUT2D eigenvalue weighted by atomic mass is 16.5. The van der Waals surface area contributed by atoms with Gasteiger partial charge in [-0.3, -0.25) is 19.3 Å². The molecule has 2 heterocycles. The molecule has 1 atom stereocenters. The Balaban J connectivity index is 1.58. The number of imide groups is 1. The van der Waals surface area contributed by atoms with Crippen LogP contribution >= 0.6 is 0 Å². The molecule has 1 saturated heterocycles. The Morgan fingerprint density at radius 2 is 1.93 bits per heavy atom. The molecule has 0 aliphatic carbocycles. The molecule has 27 heavy (non-hydrogen) atoms. The number of carbonyl (C=O) groups excluding carboxylic acids is 4. The van der Waals surface area contributed by atoms with Gasteiger partial charge in [0.2, 0.25) is 11.8 Å². The van der Waals surface area contributed by atoms with Crippen LogP contribution in [0.5, 0.6) is 0 Å². The zero-order valence-corrected chi connectivity index (χ0v) is 14.6. The largest absolute Gasteiger partial charge is 0.467 e. The molecule has 1 aromatic carbocycles. The van der Waals surface area contributed by atoms with Gasteiger partial charge in [-0.2, -0.15) is 0 Å². The van der Waals surface area contributed by atoms with Crippen LogP contribution in [0.3, 0.4) is 0 Å². The fourth-order valence-electron chi connectivity index (χ4n) is 2.74. The number of furan rings is 1. The standard InChI is InChI=1S/C19H18N2O6/c1-12(15-6-3-9-26-15)20-16(22)11-27-19(25)13-4-2-5-14(10-13)21-17(23)7-8-18(21)24/h2-6,9-10,12H,7-8,11H2,1H3,(H,20,22)/t12-/m1/s1. The van der Waals surface area contributed by atoms with Crippen LogP contribution in [0.25, 0.3) is 0 Å². The van der Waals surface area contributed by atoms with Gasteiger partial charge in [0.05, 0.1) is 23.6 Å². The van der Waals surface area contributed by atoms with Crippen molar-refractivity contribution in [1.82, 2.24) is 5.32 Å². The van der Waals surface area contributed by atoms with Crippen LogP contribution in [0.15, 0.2) is 47.1 Å². The number of anilines is 1. The molecule has 140 valence electrons. The summed E-state index contributed by atoms with van der Waals surface area (Å²) in [5, 5.41) is 2.65. The van der Waals surface area contributed by atoms with Crippen LogP contribution in [0, 0.1) is 0 Å². The number of nitrogens with one attached hydrogen (secondary N) is 1. The van der Waals surface area contributed by atoms with E-state index in [1.165, 1.54) is 18.4 Å². The summed E-state index contributed by atoms with van der Waals surface area (Å²) in [6, 6.07) is 9.07. The van der Waals surface area contributed by atoms with E-state index in [2.05, 4.69) is 5.32 Å². The quantitative estimate of drug-likeness (QED) is 0.615. The van der Waals surface area contributed by atoms with Gasteiger partial charge in [-0.05, 0) is 37.3 Å². The van der Waals surface area contributed by atoms with Crippen molar-refractivity contribution in [1.29, 1.82) is 0 Å². The topological polar surface area (TPSA) is 106 Å². The van der Waals surface area contributed by atoms with Gasteiger partial charge in [-0.1, -0.05) is 6.07 Å². The first-order chi connectivity index (χ1) is 13.0. The Bertz CT molecular complexity index is 858. The molecule has 8 nitrogen and oxygen atoms in total. The van der Waals surface area contributed by atoms with E-state index in [4.69, 9.17) is 9.15 Å². The van der Waals surface area contributed by atoms with E-state index in [9.17, 15) is 19.2 Å². The maximum Gasteiger partial charge on any atom is 0.338 e. The minimum absolute atomic E-state index is 0.145. The van der Waals surface area contributed by atoms with Crippen LogP contribution in [0.4, 0.5) is 5.69 Å². The number of nitrogens with zero attached hydrogens (tertiary/aromatic N) is 1. The molecule has 0 saturated carbocycles. The first-order valence-electron chi connectivity index (χ1n) is 8.41. The number of rotatable bonds is 6. The van der Waals surface area contributed by atoms with Gasteiger partial charge in [0.1, 0.15) is 5.76 Å². The number of benzene rings is 1. The van der Waals surface area contributed by atoms with Crippen molar-refractivity contribution in [3.63, 3.8) is 0 Å². The van der Waals surface area contributed by atoms with Crippen molar-refractivity contribution in [2.75, 3.05) is 11.5 Å². The fraction of sp³-hybridized carbons (Fsp3) is 0.263. The van der Waals surface area contributed by atoms with Gasteiger partial charge in [0, 0.05) is 12.8 Å². The summed E-state index contributed by atoms with van der Waals surface area (Å²) in [6.45, 7) is 1.28. The Morgan fingerprint density at radius 3 is 2.59 bits per heavy atom. The molecule has 1 aliphatic heterocycles. The van der Waals surface area contributed by atoms with Crippen molar-refractivity contribution in [2.45, 2.75) is 25.8 Å². The number of amides is 3. The molecule has 0 bridgehead atoms. The molecule has 0 radical (unpaired) electrons. The maximum absolute atomic E-state index is 12.2. The average molecular weight is 370 g/mol. The van der Waals surface area contributed by atoms with Gasteiger partial charge >= 0.3 is 5.97 Å². The second kappa shape index (κ2) is 7.86. The Hall–Kier alpha value is -3.42. The van der Waals surface area contributed by atoms with Crippen LogP contribution in [0.1, 0.15) is 41.9 Å². The molecule has 1 aromatic heterocycles. The monoisotopic (exact) mass is 370 g/mol. The Labute approximate surface area is 155 Å². The molecule has 1 N–H and O–H groups in total. The average Bonchev–Trinajstić information content (AvgIpc) is 3.30. The van der Waals surface area contributed by atoms with E-state index < -0.39 is 18.5 Å². The van der Waals surface area contributed by atoms with Crippen LogP contribution in [0.2, 0.25) is 0 Å². The first-order valence-corrected chi connectivity index (χ1v) is 8.41. The molecule has 3 rings (SSSR count). The molecule has 1 aliphatic rings. The van der Waals surface area contributed by atoms with Crippen molar-refractivity contribution in [3.05, 3.63) is 54.0 Å². The predicted molar refractivity (Wildman–Crippen MR) is 93.7 cm³/mol. The van der Waals surface area contributed by atoms with E-state index in [1.54, 1.807) is 31.2 Å². The lowest BCUT2D eigenvalue weighted by Gasteiger charge is -2.15. The highest BCUT2D eigenvalue weighted by Gasteiger charge is 2.30. The third-order valence-corrected chi connectivity index (χ3v) is 4.07. The van der Waals surface area contributed by atoms with Crippen LogP contribution in [-0.2, 0) is 19.1 Å². The summed E-state index contributed by atoms with van der Waals surface area (Å²) in [6.07, 6.45) is 1.81. The normalized spacial score (nSPS) is 14.9. The molecule has 1 fully saturated rings. The first kappa shape index (κ1) is 18.4. The summed E-state index contributed by atoms with van der Waals surface area (Å²) < 4.78 is 10.2. The number of carbonyl (C=O) groups is 4. The summed E-state index contributed by atoms with van der Waals surface area (Å²) in [4.78, 5) is 48.8. The molecule has 0 unspecified atom stereocenters. The third kappa shape index (κ3) is 4.22. The molecule has 2 aromatic rings. The van der Waals surface area contributed by atoms with Crippen molar-refractivity contribution in [2.24, 2.45) is 0 Å². The minimum Gasteiger partial charge on any atom is -0.467 e. The van der Waals surface area contributed by atoms with E-state index in [-0.39, 0.29) is 36.3 Å². The molecular formula is C19H18N2O6. The third-order valence-electron chi connectivity index (χ3n) is 4.07. The van der Waals surface area contributed by atoms with Crippen LogP contribution in [-0.4, -0.2) is 30.3 Å². The number of esters is 1. The Morgan fingerprint density at radius 1 is 1.19 bits per heavy atom. The summed E-state index contributed by atoms with van der Waals surface area (Å²) in [5.74, 6) is -1.24. The van der Waals surface area contributed by atoms with Gasteiger partial charge in [0.25, 0.3) is 5.91 Å². The number of hydrogen-bond donors (Lipinski definition) is 1. The second-order valence-corrected chi connectivity index (χ2v) is 6.05. The predicted octanol–water partition coefficient (Wildman–Crippen LogP) is 1.97. The Kier molecular flexibility index (Phi) is 5.35. The van der Waals surface area contributed by atoms with Gasteiger partial charge < -0.3 is 14.5 Å². The summed E-state index contributed by atoms with van der Waals surface area (Å²) in [7, 11) is 0. The highest BCUT2D eigenvalue weighted by molar-refractivity contribution is 6.20. The summed E-state index contributed by atoms with van der Waals surface area (Å²) in [5.41, 5.74) is 0.458. The van der Waals surface area contributed by atoms with E-state index >= 15 is 0 Å². The number of ether oxygens (including phenoxy) is 1. The van der Waals surface area contributed by atoms with E-state index in [0.717, 1.165) is 4.90 Å². The number of hydrogen-bond acceptors (Lipinski definition) is 6.